The molecule has 3 heteroatoms. The van der Waals surface area contributed by atoms with Crippen molar-refractivity contribution < 1.29 is 18.1 Å². The van der Waals surface area contributed by atoms with Crippen LogP contribution in [0.5, 0.6) is 0 Å². The largest absolute Gasteiger partial charge is 1.00 e. The molecule has 32 valence electrons. The predicted octanol–water partition coefficient (Wildman–Crippen LogP) is -3.06. The molecule has 1 nitrogen and oxygen atoms in total. The smallest absolute Gasteiger partial charge is 0.102 e. The van der Waals surface area contributed by atoms with Gasteiger partial charge in [-0.1, -0.05) is 11.6 Å². The van der Waals surface area contributed by atoms with Crippen LogP contribution < -0.4 is 18.1 Å². The van der Waals surface area contributed by atoms with Gasteiger partial charge in [0.2, 0.25) is 0 Å². The summed E-state index contributed by atoms with van der Waals surface area (Å²) in [5.74, 6) is 0. The highest BCUT2D eigenvalue weighted by Crippen LogP contribution is 1.63. The van der Waals surface area contributed by atoms with Crippen molar-refractivity contribution in [2.24, 2.45) is 0 Å². The fourth-order valence-electron chi connectivity index (χ4n) is 0. The Bertz CT molecular complexity index is 22.8. The normalized spacial score (nSPS) is 7.60. The zero-order chi connectivity index (χ0) is 3.41. The predicted molar refractivity (Wildman–Crippen MR) is 17.9 cm³/mol. The Labute approximate surface area is 42.2 Å². The van der Waals surface area contributed by atoms with Crippen molar-refractivity contribution in [1.29, 1.82) is 0 Å². The van der Waals surface area contributed by atoms with Gasteiger partial charge in [0.05, 0.1) is 5.54 Å². The van der Waals surface area contributed by atoms with Gasteiger partial charge in [0.15, 0.2) is 0 Å². The lowest BCUT2D eigenvalue weighted by molar-refractivity contribution is -0.274. The summed E-state index contributed by atoms with van der Waals surface area (Å²) in [5.41, 5.74) is 4.65. The molecule has 0 heterocycles. The van der Waals surface area contributed by atoms with Crippen LogP contribution in [0, 0.1) is 0 Å². The Morgan fingerprint density at radius 1 is 1.60 bits per heavy atom. The summed E-state index contributed by atoms with van der Waals surface area (Å²) >= 11 is 4.94. The van der Waals surface area contributed by atoms with Crippen LogP contribution in [0.1, 0.15) is 0 Å². The molecule has 0 fully saturated rings. The van der Waals surface area contributed by atoms with Crippen molar-refractivity contribution in [3.63, 3.8) is 0 Å². The third-order valence-electron chi connectivity index (χ3n) is 0.0891. The molecule has 0 saturated heterocycles. The van der Waals surface area contributed by atoms with E-state index in [0.29, 0.717) is 0 Å². The number of hydrogen-bond acceptors (Lipinski definition) is 0. The molecule has 0 radical (unpaired) electrons. The lowest BCUT2D eigenvalue weighted by Gasteiger charge is -1.45. The molecular weight excluding hydrogens is 109 g/mol. The second-order valence-corrected chi connectivity index (χ2v) is 0.614. The maximum atomic E-state index is 4.94. The van der Waals surface area contributed by atoms with E-state index >= 15 is 0 Å². The van der Waals surface area contributed by atoms with Crippen LogP contribution >= 0.6 is 11.6 Å². The Balaban J connectivity index is 0. The van der Waals surface area contributed by atoms with Gasteiger partial charge in [0, 0.05) is 0 Å². The summed E-state index contributed by atoms with van der Waals surface area (Å²) in [6.07, 6.45) is 1.52. The number of quaternary nitrogens is 1. The van der Waals surface area contributed by atoms with E-state index in [1.54, 1.807) is 0 Å². The summed E-state index contributed by atoms with van der Waals surface area (Å²) in [6, 6.07) is 0. The average molecular weight is 114 g/mol. The van der Waals surface area contributed by atoms with Gasteiger partial charge >= 0.3 is 0 Å². The van der Waals surface area contributed by atoms with Crippen LogP contribution in [0.4, 0.5) is 0 Å². The van der Waals surface area contributed by atoms with Gasteiger partial charge in [0.25, 0.3) is 0 Å². The molecule has 0 amide bonds. The zero-order valence-electron chi connectivity index (χ0n) is 2.62. The quantitative estimate of drug-likeness (QED) is 0.346. The van der Waals surface area contributed by atoms with E-state index in [1.807, 2.05) is 0 Å². The third kappa shape index (κ3) is 13.6. The molecule has 0 aromatic rings. The highest BCUT2D eigenvalue weighted by Gasteiger charge is 1.41. The van der Waals surface area contributed by atoms with E-state index in [2.05, 4.69) is 5.73 Å². The van der Waals surface area contributed by atoms with Crippen molar-refractivity contribution >= 4 is 11.6 Å². The minimum absolute atomic E-state index is 0. The molecular formula is C2H5Cl2N. The summed E-state index contributed by atoms with van der Waals surface area (Å²) in [6.45, 7) is 0. The van der Waals surface area contributed by atoms with E-state index in [0.717, 1.165) is 0 Å². The molecule has 0 rings (SSSR count). The molecule has 5 heavy (non-hydrogen) atoms. The van der Waals surface area contributed by atoms with Crippen molar-refractivity contribution in [2.45, 2.75) is 0 Å². The summed E-state index contributed by atoms with van der Waals surface area (Å²) in [5, 5.41) is 0. The van der Waals surface area contributed by atoms with E-state index in [4.69, 9.17) is 11.6 Å². The topological polar surface area (TPSA) is 27.6 Å². The molecule has 0 aromatic heterocycles. The minimum atomic E-state index is 0. The van der Waals surface area contributed by atoms with E-state index in [1.165, 1.54) is 11.7 Å². The van der Waals surface area contributed by atoms with Gasteiger partial charge < -0.3 is 18.1 Å². The van der Waals surface area contributed by atoms with Gasteiger partial charge in [-0.2, -0.15) is 0 Å². The molecule has 0 aliphatic heterocycles. The van der Waals surface area contributed by atoms with Crippen LogP contribution in [0.2, 0.25) is 0 Å². The highest BCUT2D eigenvalue weighted by atomic mass is 35.5. The van der Waals surface area contributed by atoms with E-state index in [9.17, 15) is 0 Å². The van der Waals surface area contributed by atoms with Crippen LogP contribution in [-0.2, 0) is 0 Å². The molecule has 0 saturated carbocycles. The first kappa shape index (κ1) is 8.99. The molecule has 0 bridgehead atoms. The standard InChI is InChI=1S/C2H4ClN.ClH/c3-1-2-4;/h1-2H,4H2;1H/b2-1-;. The van der Waals surface area contributed by atoms with Gasteiger partial charge in [-0.25, -0.2) is 0 Å². The van der Waals surface area contributed by atoms with Gasteiger partial charge in [-0.3, -0.25) is 0 Å². The highest BCUT2D eigenvalue weighted by molar-refractivity contribution is 6.25. The number of rotatable bonds is 0. The average Bonchev–Trinajstić information content (AvgIpc) is 1.37. The van der Waals surface area contributed by atoms with Crippen molar-refractivity contribution in [2.75, 3.05) is 0 Å². The first-order valence-electron chi connectivity index (χ1n) is 0.960. The van der Waals surface area contributed by atoms with Gasteiger partial charge in [-0.05, 0) is 0 Å². The Morgan fingerprint density at radius 3 is 1.80 bits per heavy atom. The maximum absolute atomic E-state index is 4.94. The molecule has 0 aromatic carbocycles. The molecule has 3 N–H and O–H groups in total. The van der Waals surface area contributed by atoms with Gasteiger partial charge in [0.1, 0.15) is 6.20 Å². The maximum Gasteiger partial charge on any atom is 0.102 e. The molecule has 0 atom stereocenters. The SMILES string of the molecule is [Cl-].[NH3+]/C=C\Cl. The molecule has 0 aliphatic carbocycles. The number of hydrogen-bond donors (Lipinski definition) is 1. The Hall–Kier alpha value is 0.280. The fraction of sp³-hybridized carbons (Fsp3) is 0. The van der Waals surface area contributed by atoms with Crippen LogP contribution in [0.25, 0.3) is 0 Å². The summed E-state index contributed by atoms with van der Waals surface area (Å²) in [7, 11) is 0. The van der Waals surface area contributed by atoms with Crippen LogP contribution in [-0.4, -0.2) is 0 Å². The fourth-order valence-corrected chi connectivity index (χ4v) is 0. The summed E-state index contributed by atoms with van der Waals surface area (Å²) < 4.78 is 0. The van der Waals surface area contributed by atoms with Crippen LogP contribution in [0.15, 0.2) is 11.7 Å². The zero-order valence-corrected chi connectivity index (χ0v) is 4.13. The second kappa shape index (κ2) is 8.86. The molecule has 0 aliphatic rings. The first-order valence-corrected chi connectivity index (χ1v) is 1.40. The van der Waals surface area contributed by atoms with Gasteiger partial charge in [-0.15, -0.1) is 0 Å². The number of halogens is 2. The van der Waals surface area contributed by atoms with Crippen molar-refractivity contribution in [3.8, 4) is 0 Å². The molecule has 0 unspecified atom stereocenters. The molecule has 0 spiro atoms. The lowest BCUT2D eigenvalue weighted by atomic mass is 11.1. The first-order chi connectivity index (χ1) is 1.91. The van der Waals surface area contributed by atoms with Crippen molar-refractivity contribution in [1.82, 2.24) is 0 Å². The van der Waals surface area contributed by atoms with E-state index in [-0.39, 0.29) is 12.4 Å². The third-order valence-corrected chi connectivity index (χ3v) is 0.267. The second-order valence-electron chi connectivity index (χ2n) is 0.362. The van der Waals surface area contributed by atoms with Crippen molar-refractivity contribution in [3.05, 3.63) is 11.7 Å². The summed E-state index contributed by atoms with van der Waals surface area (Å²) in [4.78, 5) is 0. The van der Waals surface area contributed by atoms with E-state index < -0.39 is 0 Å². The monoisotopic (exact) mass is 113 g/mol. The Morgan fingerprint density at radius 2 is 1.80 bits per heavy atom. The van der Waals surface area contributed by atoms with Crippen LogP contribution in [0.3, 0.4) is 0 Å². The minimum Gasteiger partial charge on any atom is -1.00 e. The lowest BCUT2D eigenvalue weighted by Crippen LogP contribution is -3.00. The Kier molecular flexibility index (Phi) is 15.9.